The van der Waals surface area contributed by atoms with E-state index >= 15 is 0 Å². The van der Waals surface area contributed by atoms with E-state index in [4.69, 9.17) is 30.5 Å². The summed E-state index contributed by atoms with van der Waals surface area (Å²) in [4.78, 5) is 37.2. The van der Waals surface area contributed by atoms with E-state index in [9.17, 15) is 14.4 Å². The highest BCUT2D eigenvalue weighted by molar-refractivity contribution is 6.30. The maximum Gasteiger partial charge on any atom is 0.344 e. The average Bonchev–Trinajstić information content (AvgIpc) is 2.81. The molecule has 0 aromatic heterocycles. The molecule has 2 aromatic rings. The van der Waals surface area contributed by atoms with Crippen molar-refractivity contribution in [3.63, 3.8) is 0 Å². The van der Waals surface area contributed by atoms with E-state index in [1.54, 1.807) is 55.5 Å². The van der Waals surface area contributed by atoms with Gasteiger partial charge in [0.25, 0.3) is 0 Å². The highest BCUT2D eigenvalue weighted by Crippen LogP contribution is 2.29. The van der Waals surface area contributed by atoms with Crippen LogP contribution in [0.15, 0.2) is 59.8 Å². The highest BCUT2D eigenvalue weighted by atomic mass is 35.5. The Morgan fingerprint density at radius 1 is 1.06 bits per heavy atom. The van der Waals surface area contributed by atoms with Crippen molar-refractivity contribution in [3.05, 3.63) is 70.4 Å². The molecule has 2 N–H and O–H groups in total. The molecule has 1 aliphatic heterocycles. The summed E-state index contributed by atoms with van der Waals surface area (Å²) >= 11 is 5.89. The second-order valence-electron chi connectivity index (χ2n) is 6.82. The molecule has 0 fully saturated rings. The zero-order valence-corrected chi connectivity index (χ0v) is 18.8. The summed E-state index contributed by atoms with van der Waals surface area (Å²) < 4.78 is 20.9. The molecule has 0 radical (unpaired) electrons. The smallest absolute Gasteiger partial charge is 0.344 e. The van der Waals surface area contributed by atoms with Crippen LogP contribution in [0.1, 0.15) is 18.5 Å². The molecule has 2 aromatic carbocycles. The number of hydrogen-bond donors (Lipinski definition) is 2. The van der Waals surface area contributed by atoms with Gasteiger partial charge >= 0.3 is 18.0 Å². The van der Waals surface area contributed by atoms with Gasteiger partial charge in [0.2, 0.25) is 0 Å². The van der Waals surface area contributed by atoms with Gasteiger partial charge in [0.1, 0.15) is 18.1 Å². The molecular formula is C23H23ClN2O7. The second kappa shape index (κ2) is 11.2. The molecule has 33 heavy (non-hydrogen) atoms. The minimum atomic E-state index is -0.805. The first-order valence-corrected chi connectivity index (χ1v) is 10.4. The third-order valence-corrected chi connectivity index (χ3v) is 4.86. The normalized spacial score (nSPS) is 15.2. The summed E-state index contributed by atoms with van der Waals surface area (Å²) in [7, 11) is 1.54. The number of halogens is 1. The van der Waals surface area contributed by atoms with E-state index in [-0.39, 0.29) is 31.1 Å². The largest absolute Gasteiger partial charge is 0.497 e. The molecular weight excluding hydrogens is 452 g/mol. The van der Waals surface area contributed by atoms with E-state index in [1.165, 1.54) is 7.11 Å². The number of benzene rings is 2. The predicted octanol–water partition coefficient (Wildman–Crippen LogP) is 3.14. The molecule has 1 atom stereocenters. The van der Waals surface area contributed by atoms with E-state index in [2.05, 4.69) is 10.6 Å². The van der Waals surface area contributed by atoms with Gasteiger partial charge in [-0.3, -0.25) is 0 Å². The van der Waals surface area contributed by atoms with Gasteiger partial charge in [0.05, 0.1) is 31.0 Å². The first kappa shape index (κ1) is 23.9. The molecule has 0 saturated carbocycles. The van der Waals surface area contributed by atoms with E-state index < -0.39 is 24.0 Å². The van der Waals surface area contributed by atoms with E-state index in [1.807, 2.05) is 0 Å². The molecule has 1 unspecified atom stereocenters. The lowest BCUT2D eigenvalue weighted by atomic mass is 9.95. The van der Waals surface area contributed by atoms with Crippen LogP contribution in [-0.2, 0) is 19.1 Å². The van der Waals surface area contributed by atoms with Crippen LogP contribution in [0.3, 0.4) is 0 Å². The van der Waals surface area contributed by atoms with Crippen LogP contribution in [0.2, 0.25) is 5.02 Å². The molecule has 9 nitrogen and oxygen atoms in total. The molecule has 2 amide bonds. The van der Waals surface area contributed by atoms with Crippen LogP contribution in [0.4, 0.5) is 4.79 Å². The van der Waals surface area contributed by atoms with Gasteiger partial charge in [0.15, 0.2) is 6.61 Å². The lowest BCUT2D eigenvalue weighted by Crippen LogP contribution is -2.47. The Morgan fingerprint density at radius 3 is 2.48 bits per heavy atom. The molecule has 10 heteroatoms. The van der Waals surface area contributed by atoms with Crippen molar-refractivity contribution in [3.8, 4) is 11.5 Å². The fraction of sp³-hybridized carbons (Fsp3) is 0.261. The number of nitrogens with one attached hydrogen (secondary N) is 2. The van der Waals surface area contributed by atoms with Crippen LogP contribution >= 0.6 is 11.6 Å². The van der Waals surface area contributed by atoms with Crippen molar-refractivity contribution in [2.75, 3.05) is 26.9 Å². The number of esters is 2. The van der Waals surface area contributed by atoms with Crippen molar-refractivity contribution < 1.29 is 33.3 Å². The van der Waals surface area contributed by atoms with Crippen LogP contribution in [0.5, 0.6) is 11.5 Å². The maximum absolute atomic E-state index is 12.7. The predicted molar refractivity (Wildman–Crippen MR) is 119 cm³/mol. The molecule has 0 spiro atoms. The average molecular weight is 475 g/mol. The molecule has 0 bridgehead atoms. The number of rotatable bonds is 9. The summed E-state index contributed by atoms with van der Waals surface area (Å²) in [6.07, 6.45) is 0. The Labute approximate surface area is 195 Å². The Bertz CT molecular complexity index is 1050. The Kier molecular flexibility index (Phi) is 8.15. The van der Waals surface area contributed by atoms with Gasteiger partial charge in [0, 0.05) is 5.02 Å². The quantitative estimate of drug-likeness (QED) is 0.537. The van der Waals surface area contributed by atoms with Crippen LogP contribution in [-0.4, -0.2) is 44.9 Å². The summed E-state index contributed by atoms with van der Waals surface area (Å²) in [5.41, 5.74) is 0.876. The first-order chi connectivity index (χ1) is 15.9. The lowest BCUT2D eigenvalue weighted by Gasteiger charge is -2.29. The highest BCUT2D eigenvalue weighted by Gasteiger charge is 2.34. The fourth-order valence-electron chi connectivity index (χ4n) is 3.12. The van der Waals surface area contributed by atoms with Crippen LogP contribution in [0.25, 0.3) is 0 Å². The first-order valence-electron chi connectivity index (χ1n) is 10.1. The number of methoxy groups -OCH3 is 1. The standard InChI is InChI=1S/C23H23ClN2O7/c1-3-31-22(28)20-18(12-33-19(27)13-32-17-6-4-5-15(24)11-17)25-23(29)26-21(20)14-7-9-16(30-2)10-8-14/h4-11,21H,3,12-13H2,1-2H3,(H2,25,26,29). The van der Waals surface area contributed by atoms with Gasteiger partial charge < -0.3 is 29.6 Å². The van der Waals surface area contributed by atoms with E-state index in [0.29, 0.717) is 22.1 Å². The monoisotopic (exact) mass is 474 g/mol. The molecule has 1 aliphatic rings. The molecule has 1 heterocycles. The van der Waals surface area contributed by atoms with Gasteiger partial charge in [-0.1, -0.05) is 29.8 Å². The Hall–Kier alpha value is -3.72. The number of amides is 2. The summed E-state index contributed by atoms with van der Waals surface area (Å²) in [5, 5.41) is 5.70. The number of carbonyl (C=O) groups excluding carboxylic acids is 3. The van der Waals surface area contributed by atoms with Gasteiger partial charge in [-0.15, -0.1) is 0 Å². The van der Waals surface area contributed by atoms with Crippen molar-refractivity contribution >= 4 is 29.6 Å². The van der Waals surface area contributed by atoms with E-state index in [0.717, 1.165) is 0 Å². The minimum absolute atomic E-state index is 0.120. The van der Waals surface area contributed by atoms with Crippen molar-refractivity contribution in [2.45, 2.75) is 13.0 Å². The minimum Gasteiger partial charge on any atom is -0.497 e. The SMILES string of the molecule is CCOC(=O)C1=C(COC(=O)COc2cccc(Cl)c2)NC(=O)NC1c1ccc(OC)cc1. The molecule has 0 saturated heterocycles. The van der Waals surface area contributed by atoms with Crippen LogP contribution < -0.4 is 20.1 Å². The summed E-state index contributed by atoms with van der Waals surface area (Å²) in [6, 6.07) is 12.1. The number of ether oxygens (including phenoxy) is 4. The van der Waals surface area contributed by atoms with Gasteiger partial charge in [-0.25, -0.2) is 14.4 Å². The maximum atomic E-state index is 12.7. The summed E-state index contributed by atoms with van der Waals surface area (Å²) in [6.45, 7) is 1.07. The fourth-order valence-corrected chi connectivity index (χ4v) is 3.30. The topological polar surface area (TPSA) is 112 Å². The lowest BCUT2D eigenvalue weighted by molar-refractivity contribution is -0.145. The second-order valence-corrected chi connectivity index (χ2v) is 7.26. The third kappa shape index (κ3) is 6.39. The number of urea groups is 1. The summed E-state index contributed by atoms with van der Waals surface area (Å²) in [5.74, 6) is -0.318. The van der Waals surface area contributed by atoms with Crippen molar-refractivity contribution in [1.82, 2.24) is 10.6 Å². The molecule has 174 valence electrons. The molecule has 3 rings (SSSR count). The van der Waals surface area contributed by atoms with Crippen molar-refractivity contribution in [2.24, 2.45) is 0 Å². The van der Waals surface area contributed by atoms with Crippen molar-refractivity contribution in [1.29, 1.82) is 0 Å². The Morgan fingerprint density at radius 2 is 1.82 bits per heavy atom. The number of carbonyl (C=O) groups is 3. The van der Waals surface area contributed by atoms with Crippen LogP contribution in [0, 0.1) is 0 Å². The Balaban J connectivity index is 1.77. The van der Waals surface area contributed by atoms with Gasteiger partial charge in [-0.2, -0.15) is 0 Å². The number of hydrogen-bond acceptors (Lipinski definition) is 7. The molecule has 0 aliphatic carbocycles. The zero-order chi connectivity index (χ0) is 23.8. The third-order valence-electron chi connectivity index (χ3n) is 4.63. The zero-order valence-electron chi connectivity index (χ0n) is 18.1. The van der Waals surface area contributed by atoms with Gasteiger partial charge in [-0.05, 0) is 42.8 Å².